The molecule has 0 saturated heterocycles. The molecule has 0 N–H and O–H groups in total. The zero-order chi connectivity index (χ0) is 13.0. The number of benzene rings is 2. The lowest BCUT2D eigenvalue weighted by molar-refractivity contribution is 0.302. The monoisotopic (exact) mass is 280 g/mol. The second-order valence-electron chi connectivity index (χ2n) is 4.08. The molecule has 94 valence electrons. The summed E-state index contributed by atoms with van der Waals surface area (Å²) in [4.78, 5) is 0. The molecule has 0 heterocycles. The number of hydrogen-bond acceptors (Lipinski definition) is 1. The molecule has 0 fully saturated rings. The van der Waals surface area contributed by atoms with Crippen LogP contribution in [-0.2, 0) is 12.5 Å². The van der Waals surface area contributed by atoms with Crippen LogP contribution in [0.5, 0.6) is 5.75 Å². The van der Waals surface area contributed by atoms with Crippen LogP contribution in [0.2, 0.25) is 5.02 Å². The molecule has 0 bridgehead atoms. The van der Waals surface area contributed by atoms with Crippen LogP contribution in [0.15, 0.2) is 42.5 Å². The minimum atomic E-state index is 0.444. The van der Waals surface area contributed by atoms with Crippen molar-refractivity contribution in [3.63, 3.8) is 0 Å². The first-order valence-electron chi connectivity index (χ1n) is 5.73. The van der Waals surface area contributed by atoms with Gasteiger partial charge < -0.3 is 4.74 Å². The van der Waals surface area contributed by atoms with Gasteiger partial charge >= 0.3 is 0 Å². The van der Waals surface area contributed by atoms with Crippen molar-refractivity contribution in [3.8, 4) is 5.75 Å². The topological polar surface area (TPSA) is 9.23 Å². The predicted molar refractivity (Wildman–Crippen MR) is 76.5 cm³/mol. The number of rotatable bonds is 4. The SMILES string of the molecule is Cc1cccc(CCl)c1OCc1ccccc1Cl. The van der Waals surface area contributed by atoms with Gasteiger partial charge in [-0.2, -0.15) is 0 Å². The lowest BCUT2D eigenvalue weighted by Gasteiger charge is -2.13. The largest absolute Gasteiger partial charge is 0.488 e. The summed E-state index contributed by atoms with van der Waals surface area (Å²) < 4.78 is 5.86. The summed E-state index contributed by atoms with van der Waals surface area (Å²) in [6.07, 6.45) is 0. The lowest BCUT2D eigenvalue weighted by Crippen LogP contribution is -2.00. The Hall–Kier alpha value is -1.18. The molecule has 0 aliphatic carbocycles. The van der Waals surface area contributed by atoms with Crippen LogP contribution in [0.25, 0.3) is 0 Å². The highest BCUT2D eigenvalue weighted by Crippen LogP contribution is 2.26. The molecule has 18 heavy (non-hydrogen) atoms. The molecule has 0 unspecified atom stereocenters. The van der Waals surface area contributed by atoms with E-state index in [4.69, 9.17) is 27.9 Å². The number of hydrogen-bond donors (Lipinski definition) is 0. The smallest absolute Gasteiger partial charge is 0.127 e. The van der Waals surface area contributed by atoms with E-state index in [0.717, 1.165) is 27.5 Å². The average molecular weight is 281 g/mol. The molecular formula is C15H14Cl2O. The third-order valence-corrected chi connectivity index (χ3v) is 3.42. The van der Waals surface area contributed by atoms with Crippen LogP contribution in [0.4, 0.5) is 0 Å². The molecule has 0 atom stereocenters. The van der Waals surface area contributed by atoms with Gasteiger partial charge in [-0.1, -0.05) is 48.0 Å². The van der Waals surface area contributed by atoms with Gasteiger partial charge in [-0.25, -0.2) is 0 Å². The van der Waals surface area contributed by atoms with Crippen molar-refractivity contribution in [3.05, 3.63) is 64.2 Å². The Balaban J connectivity index is 2.18. The number of aryl methyl sites for hydroxylation is 1. The van der Waals surface area contributed by atoms with Crippen molar-refractivity contribution in [1.82, 2.24) is 0 Å². The summed E-state index contributed by atoms with van der Waals surface area (Å²) in [5.74, 6) is 1.30. The summed E-state index contributed by atoms with van der Waals surface area (Å²) in [6, 6.07) is 13.6. The first-order valence-corrected chi connectivity index (χ1v) is 6.64. The van der Waals surface area contributed by atoms with Gasteiger partial charge in [-0.15, -0.1) is 11.6 Å². The van der Waals surface area contributed by atoms with Gasteiger partial charge in [-0.3, -0.25) is 0 Å². The quantitative estimate of drug-likeness (QED) is 0.719. The van der Waals surface area contributed by atoms with Crippen molar-refractivity contribution in [1.29, 1.82) is 0 Å². The molecule has 2 rings (SSSR count). The fraction of sp³-hybridized carbons (Fsp3) is 0.200. The molecule has 2 aromatic carbocycles. The van der Waals surface area contributed by atoms with Crippen molar-refractivity contribution >= 4 is 23.2 Å². The number of ether oxygens (including phenoxy) is 1. The molecule has 1 nitrogen and oxygen atoms in total. The molecule has 0 saturated carbocycles. The molecule has 0 amide bonds. The van der Waals surface area contributed by atoms with Crippen molar-refractivity contribution < 1.29 is 4.74 Å². The maximum Gasteiger partial charge on any atom is 0.127 e. The van der Waals surface area contributed by atoms with Gasteiger partial charge in [0.15, 0.2) is 0 Å². The normalized spacial score (nSPS) is 10.4. The first-order chi connectivity index (χ1) is 8.72. The maximum atomic E-state index is 6.10. The second-order valence-corrected chi connectivity index (χ2v) is 4.75. The Labute approximate surface area is 117 Å². The lowest BCUT2D eigenvalue weighted by atomic mass is 10.1. The highest BCUT2D eigenvalue weighted by Gasteiger charge is 2.07. The first kappa shape index (κ1) is 13.3. The zero-order valence-electron chi connectivity index (χ0n) is 10.1. The molecule has 0 spiro atoms. The van der Waals surface area contributed by atoms with Gasteiger partial charge in [0, 0.05) is 16.1 Å². The Morgan fingerprint density at radius 1 is 1.00 bits per heavy atom. The van der Waals surface area contributed by atoms with Gasteiger partial charge in [0.05, 0.1) is 5.88 Å². The van der Waals surface area contributed by atoms with E-state index in [1.807, 2.05) is 49.4 Å². The molecule has 0 aliphatic heterocycles. The Bertz CT molecular complexity index is 538. The predicted octanol–water partition coefficient (Wildman–Crippen LogP) is 4.97. The van der Waals surface area contributed by atoms with Crippen molar-refractivity contribution in [2.24, 2.45) is 0 Å². The summed E-state index contributed by atoms with van der Waals surface area (Å²) in [5.41, 5.74) is 3.06. The summed E-state index contributed by atoms with van der Waals surface area (Å²) >= 11 is 12.0. The van der Waals surface area contributed by atoms with Gasteiger partial charge in [-0.05, 0) is 18.6 Å². The van der Waals surface area contributed by atoms with Crippen LogP contribution >= 0.6 is 23.2 Å². The zero-order valence-corrected chi connectivity index (χ0v) is 11.6. The van der Waals surface area contributed by atoms with Crippen LogP contribution in [0.3, 0.4) is 0 Å². The van der Waals surface area contributed by atoms with Gasteiger partial charge in [0.1, 0.15) is 12.4 Å². The van der Waals surface area contributed by atoms with E-state index in [2.05, 4.69) is 0 Å². The summed E-state index contributed by atoms with van der Waals surface area (Å²) in [6.45, 7) is 2.46. The Kier molecular flexibility index (Phi) is 4.51. The minimum absolute atomic E-state index is 0.444. The number of para-hydroxylation sites is 1. The van der Waals surface area contributed by atoms with Crippen LogP contribution < -0.4 is 4.74 Å². The second kappa shape index (κ2) is 6.12. The third-order valence-electron chi connectivity index (χ3n) is 2.77. The van der Waals surface area contributed by atoms with Crippen molar-refractivity contribution in [2.45, 2.75) is 19.4 Å². The molecule has 0 radical (unpaired) electrons. The minimum Gasteiger partial charge on any atom is -0.488 e. The highest BCUT2D eigenvalue weighted by atomic mass is 35.5. The standard InChI is InChI=1S/C15H14Cl2O/c1-11-5-4-7-12(9-16)15(11)18-10-13-6-2-3-8-14(13)17/h2-8H,9-10H2,1H3. The molecule has 3 heteroatoms. The molecule has 2 aromatic rings. The Morgan fingerprint density at radius 2 is 1.72 bits per heavy atom. The van der Waals surface area contributed by atoms with E-state index in [9.17, 15) is 0 Å². The number of halogens is 2. The van der Waals surface area contributed by atoms with E-state index in [-0.39, 0.29) is 0 Å². The fourth-order valence-corrected chi connectivity index (χ4v) is 2.19. The van der Waals surface area contributed by atoms with E-state index in [1.54, 1.807) is 0 Å². The van der Waals surface area contributed by atoms with E-state index in [1.165, 1.54) is 0 Å². The average Bonchev–Trinajstić information content (AvgIpc) is 2.39. The third kappa shape index (κ3) is 2.98. The van der Waals surface area contributed by atoms with Crippen LogP contribution in [-0.4, -0.2) is 0 Å². The number of alkyl halides is 1. The van der Waals surface area contributed by atoms with Crippen LogP contribution in [0.1, 0.15) is 16.7 Å². The maximum absolute atomic E-state index is 6.10. The van der Waals surface area contributed by atoms with Crippen LogP contribution in [0, 0.1) is 6.92 Å². The van der Waals surface area contributed by atoms with E-state index < -0.39 is 0 Å². The van der Waals surface area contributed by atoms with Crippen molar-refractivity contribution in [2.75, 3.05) is 0 Å². The molecule has 0 aromatic heterocycles. The fourth-order valence-electron chi connectivity index (χ4n) is 1.79. The highest BCUT2D eigenvalue weighted by molar-refractivity contribution is 6.31. The van der Waals surface area contributed by atoms with Gasteiger partial charge in [0.2, 0.25) is 0 Å². The molecular weight excluding hydrogens is 267 g/mol. The van der Waals surface area contributed by atoms with E-state index >= 15 is 0 Å². The summed E-state index contributed by atoms with van der Waals surface area (Å²) in [5, 5.41) is 0.721. The summed E-state index contributed by atoms with van der Waals surface area (Å²) in [7, 11) is 0. The Morgan fingerprint density at radius 3 is 2.44 bits per heavy atom. The van der Waals surface area contributed by atoms with Gasteiger partial charge in [0.25, 0.3) is 0 Å². The molecule has 0 aliphatic rings. The van der Waals surface area contributed by atoms with E-state index in [0.29, 0.717) is 12.5 Å².